The molecule has 0 aromatic heterocycles. The number of guanidine groups is 1. The van der Waals surface area contributed by atoms with Crippen molar-refractivity contribution in [3.63, 3.8) is 0 Å². The van der Waals surface area contributed by atoms with E-state index in [1.54, 1.807) is 7.05 Å². The molecule has 0 radical (unpaired) electrons. The van der Waals surface area contributed by atoms with Crippen LogP contribution < -0.4 is 10.6 Å². The lowest BCUT2D eigenvalue weighted by molar-refractivity contribution is 0.599. The lowest BCUT2D eigenvalue weighted by atomic mass is 10.2. The molecule has 19 heavy (non-hydrogen) atoms. The van der Waals surface area contributed by atoms with E-state index >= 15 is 0 Å². The van der Waals surface area contributed by atoms with Gasteiger partial charge in [-0.05, 0) is 12.8 Å². The van der Waals surface area contributed by atoms with E-state index in [-0.39, 0.29) is 41.5 Å². The minimum atomic E-state index is -2.83. The highest BCUT2D eigenvalue weighted by Crippen LogP contribution is 2.10. The fourth-order valence-corrected chi connectivity index (χ4v) is 3.73. The predicted octanol–water partition coefficient (Wildman–Crippen LogP) is 1.54. The third-order valence-electron chi connectivity index (χ3n) is 3.12. The first-order chi connectivity index (χ1) is 8.57. The molecule has 1 fully saturated rings. The van der Waals surface area contributed by atoms with Gasteiger partial charge < -0.3 is 10.6 Å². The Balaban J connectivity index is 0.00000324. The van der Waals surface area contributed by atoms with Gasteiger partial charge in [0.15, 0.2) is 15.8 Å². The largest absolute Gasteiger partial charge is 0.356 e. The van der Waals surface area contributed by atoms with Crippen molar-refractivity contribution in [2.75, 3.05) is 25.1 Å². The van der Waals surface area contributed by atoms with Gasteiger partial charge in [0.2, 0.25) is 0 Å². The third-order valence-corrected chi connectivity index (χ3v) is 4.89. The summed E-state index contributed by atoms with van der Waals surface area (Å²) in [6.45, 7) is 3.08. The Morgan fingerprint density at radius 1 is 1.32 bits per heavy atom. The molecule has 0 aromatic carbocycles. The maximum atomic E-state index is 11.3. The van der Waals surface area contributed by atoms with E-state index < -0.39 is 9.84 Å². The van der Waals surface area contributed by atoms with Crippen LogP contribution in [-0.4, -0.2) is 45.5 Å². The molecule has 0 aliphatic carbocycles. The van der Waals surface area contributed by atoms with Crippen molar-refractivity contribution in [1.29, 1.82) is 0 Å². The van der Waals surface area contributed by atoms with Crippen molar-refractivity contribution in [2.24, 2.45) is 4.99 Å². The summed E-state index contributed by atoms with van der Waals surface area (Å²) in [6, 6.07) is 0.0110. The zero-order chi connectivity index (χ0) is 13.4. The number of nitrogens with zero attached hydrogens (tertiary/aromatic N) is 1. The summed E-state index contributed by atoms with van der Waals surface area (Å²) < 4.78 is 22.7. The van der Waals surface area contributed by atoms with Crippen LogP contribution in [-0.2, 0) is 9.84 Å². The summed E-state index contributed by atoms with van der Waals surface area (Å²) in [5.41, 5.74) is 0. The van der Waals surface area contributed by atoms with Gasteiger partial charge in [0.05, 0.1) is 11.5 Å². The Labute approximate surface area is 134 Å². The molecule has 0 aromatic rings. The van der Waals surface area contributed by atoms with Gasteiger partial charge in [0.1, 0.15) is 0 Å². The van der Waals surface area contributed by atoms with Crippen molar-refractivity contribution in [2.45, 2.75) is 45.1 Å². The maximum absolute atomic E-state index is 11.3. The Kier molecular flexibility index (Phi) is 9.77. The second-order valence-corrected chi connectivity index (χ2v) is 7.03. The van der Waals surface area contributed by atoms with Crippen LogP contribution >= 0.6 is 24.0 Å². The molecule has 5 nitrogen and oxygen atoms in total. The first kappa shape index (κ1) is 18.9. The number of rotatable bonds is 6. The molecule has 1 aliphatic rings. The number of unbranched alkanes of at least 4 members (excludes halogenated alkanes) is 3. The second kappa shape index (κ2) is 9.79. The number of hydrogen-bond donors (Lipinski definition) is 2. The van der Waals surface area contributed by atoms with E-state index in [9.17, 15) is 8.42 Å². The summed E-state index contributed by atoms with van der Waals surface area (Å²) in [4.78, 5) is 4.12. The summed E-state index contributed by atoms with van der Waals surface area (Å²) in [7, 11) is -1.11. The summed E-state index contributed by atoms with van der Waals surface area (Å²) >= 11 is 0. The zero-order valence-electron chi connectivity index (χ0n) is 11.8. The molecule has 1 rings (SSSR count). The van der Waals surface area contributed by atoms with Gasteiger partial charge in [0.25, 0.3) is 0 Å². The normalized spacial score (nSPS) is 21.8. The number of hydrogen-bond acceptors (Lipinski definition) is 3. The van der Waals surface area contributed by atoms with Crippen LogP contribution in [0.1, 0.15) is 39.0 Å². The van der Waals surface area contributed by atoms with Crippen LogP contribution in [0.4, 0.5) is 0 Å². The summed E-state index contributed by atoms with van der Waals surface area (Å²) in [5, 5.41) is 6.40. The molecular formula is C12H26IN3O2S. The molecule has 114 valence electrons. The standard InChI is InChI=1S/C12H25N3O2S.HI/c1-3-4-5-6-8-14-12(13-2)15-11-7-9-18(16,17)10-11;/h11H,3-10H2,1-2H3,(H2,13,14,15);1H. The molecule has 0 bridgehead atoms. The van der Waals surface area contributed by atoms with Gasteiger partial charge in [-0.15, -0.1) is 24.0 Å². The highest BCUT2D eigenvalue weighted by molar-refractivity contribution is 14.0. The highest BCUT2D eigenvalue weighted by atomic mass is 127. The molecule has 1 atom stereocenters. The Morgan fingerprint density at radius 3 is 2.58 bits per heavy atom. The van der Waals surface area contributed by atoms with Gasteiger partial charge in [-0.2, -0.15) is 0 Å². The number of halogens is 1. The Hall–Kier alpha value is -0.0500. The van der Waals surface area contributed by atoms with Crippen molar-refractivity contribution in [1.82, 2.24) is 10.6 Å². The molecule has 7 heteroatoms. The molecule has 2 N–H and O–H groups in total. The van der Waals surface area contributed by atoms with Crippen molar-refractivity contribution in [3.05, 3.63) is 0 Å². The Bertz CT molecular complexity index is 371. The number of aliphatic imine (C=N–C) groups is 1. The van der Waals surface area contributed by atoms with E-state index in [0.29, 0.717) is 12.4 Å². The van der Waals surface area contributed by atoms with E-state index in [1.807, 2.05) is 0 Å². The molecule has 0 saturated carbocycles. The van der Waals surface area contributed by atoms with Gasteiger partial charge in [-0.3, -0.25) is 4.99 Å². The molecule has 1 unspecified atom stereocenters. The summed E-state index contributed by atoms with van der Waals surface area (Å²) in [5.74, 6) is 1.23. The first-order valence-corrected chi connectivity index (χ1v) is 8.57. The van der Waals surface area contributed by atoms with Crippen LogP contribution in [0.15, 0.2) is 4.99 Å². The number of sulfone groups is 1. The van der Waals surface area contributed by atoms with Crippen LogP contribution in [0.5, 0.6) is 0 Å². The average Bonchev–Trinajstić information content (AvgIpc) is 2.67. The quantitative estimate of drug-likeness (QED) is 0.306. The van der Waals surface area contributed by atoms with Crippen LogP contribution in [0.3, 0.4) is 0 Å². The highest BCUT2D eigenvalue weighted by Gasteiger charge is 2.28. The second-order valence-electron chi connectivity index (χ2n) is 4.80. The molecular weight excluding hydrogens is 377 g/mol. The van der Waals surface area contributed by atoms with E-state index in [2.05, 4.69) is 22.5 Å². The first-order valence-electron chi connectivity index (χ1n) is 6.75. The SMILES string of the molecule is CCCCCCNC(=NC)NC1CCS(=O)(=O)C1.I. The van der Waals surface area contributed by atoms with Crippen LogP contribution in [0, 0.1) is 0 Å². The van der Waals surface area contributed by atoms with Gasteiger partial charge in [-0.1, -0.05) is 26.2 Å². The molecule has 1 heterocycles. The third kappa shape index (κ3) is 7.96. The maximum Gasteiger partial charge on any atom is 0.191 e. The summed E-state index contributed by atoms with van der Waals surface area (Å²) in [6.07, 6.45) is 5.51. The lowest BCUT2D eigenvalue weighted by Gasteiger charge is -2.15. The minimum absolute atomic E-state index is 0. The van der Waals surface area contributed by atoms with Gasteiger partial charge >= 0.3 is 0 Å². The molecule has 0 spiro atoms. The van der Waals surface area contributed by atoms with Crippen molar-refractivity contribution < 1.29 is 8.42 Å². The molecule has 0 amide bonds. The topological polar surface area (TPSA) is 70.6 Å². The van der Waals surface area contributed by atoms with Crippen molar-refractivity contribution in [3.8, 4) is 0 Å². The molecule has 1 aliphatic heterocycles. The average molecular weight is 403 g/mol. The fraction of sp³-hybridized carbons (Fsp3) is 0.917. The fourth-order valence-electron chi connectivity index (χ4n) is 2.06. The Morgan fingerprint density at radius 2 is 2.05 bits per heavy atom. The van der Waals surface area contributed by atoms with E-state index in [4.69, 9.17) is 0 Å². The van der Waals surface area contributed by atoms with Gasteiger partial charge in [0, 0.05) is 19.6 Å². The van der Waals surface area contributed by atoms with Crippen LogP contribution in [0.2, 0.25) is 0 Å². The minimum Gasteiger partial charge on any atom is -0.356 e. The number of nitrogens with one attached hydrogen (secondary N) is 2. The zero-order valence-corrected chi connectivity index (χ0v) is 15.0. The van der Waals surface area contributed by atoms with E-state index in [1.165, 1.54) is 19.3 Å². The molecule has 1 saturated heterocycles. The van der Waals surface area contributed by atoms with Gasteiger partial charge in [-0.25, -0.2) is 8.42 Å². The predicted molar refractivity (Wildman–Crippen MR) is 91.1 cm³/mol. The van der Waals surface area contributed by atoms with E-state index in [0.717, 1.165) is 13.0 Å². The smallest absolute Gasteiger partial charge is 0.191 e. The monoisotopic (exact) mass is 403 g/mol. The van der Waals surface area contributed by atoms with Crippen LogP contribution in [0.25, 0.3) is 0 Å². The lowest BCUT2D eigenvalue weighted by Crippen LogP contribution is -2.44. The van der Waals surface area contributed by atoms with Crippen molar-refractivity contribution >= 4 is 39.8 Å².